The second-order valence-corrected chi connectivity index (χ2v) is 6.92. The van der Waals surface area contributed by atoms with E-state index in [1.807, 2.05) is 25.1 Å². The van der Waals surface area contributed by atoms with Gasteiger partial charge in [0.2, 0.25) is 0 Å². The first-order valence-corrected chi connectivity index (χ1v) is 8.36. The highest BCUT2D eigenvalue weighted by Crippen LogP contribution is 2.47. The van der Waals surface area contributed by atoms with Crippen LogP contribution in [0.15, 0.2) is 52.6 Å². The number of aromatic hydroxyl groups is 1. The third-order valence-electron chi connectivity index (χ3n) is 5.46. The van der Waals surface area contributed by atoms with Crippen LogP contribution in [-0.4, -0.2) is 5.11 Å². The summed E-state index contributed by atoms with van der Waals surface area (Å²) in [5.74, 6) is -2.17. The van der Waals surface area contributed by atoms with Crippen LogP contribution in [0.2, 0.25) is 0 Å². The van der Waals surface area contributed by atoms with Crippen LogP contribution in [0, 0.1) is 18.6 Å². The number of aryl methyl sites for hydroxylation is 1. The van der Waals surface area contributed by atoms with Gasteiger partial charge in [-0.2, -0.15) is 0 Å². The molecule has 0 unspecified atom stereocenters. The van der Waals surface area contributed by atoms with Crippen molar-refractivity contribution in [2.45, 2.75) is 40.5 Å². The number of halogens is 2. The number of phenols is 1. The van der Waals surface area contributed by atoms with Gasteiger partial charge in [0, 0.05) is 17.5 Å². The summed E-state index contributed by atoms with van der Waals surface area (Å²) >= 11 is 0. The standard InChI is InChI=1S/C22H22F2O/c1-11-6-7-16(22-14(4)12(2)13(3)15(22)5)17(8-11)18-9-19(23)20(24)10-21(18)25/h6-10,22,25H,1-5H3. The summed E-state index contributed by atoms with van der Waals surface area (Å²) < 4.78 is 27.3. The predicted molar refractivity (Wildman–Crippen MR) is 97.7 cm³/mol. The van der Waals surface area contributed by atoms with Crippen LogP contribution in [0.25, 0.3) is 11.1 Å². The van der Waals surface area contributed by atoms with Gasteiger partial charge in [-0.05, 0) is 63.0 Å². The lowest BCUT2D eigenvalue weighted by Gasteiger charge is -2.21. The van der Waals surface area contributed by atoms with Crippen molar-refractivity contribution in [3.63, 3.8) is 0 Å². The fraction of sp³-hybridized carbons (Fsp3) is 0.273. The molecule has 0 amide bonds. The molecule has 3 rings (SSSR count). The number of rotatable bonds is 2. The van der Waals surface area contributed by atoms with Crippen molar-refractivity contribution < 1.29 is 13.9 Å². The highest BCUT2D eigenvalue weighted by molar-refractivity contribution is 5.76. The van der Waals surface area contributed by atoms with Gasteiger partial charge in [-0.15, -0.1) is 0 Å². The Morgan fingerprint density at radius 3 is 1.92 bits per heavy atom. The van der Waals surface area contributed by atoms with Gasteiger partial charge in [-0.1, -0.05) is 34.9 Å². The Hall–Kier alpha value is -2.42. The molecule has 0 spiro atoms. The van der Waals surface area contributed by atoms with Crippen LogP contribution >= 0.6 is 0 Å². The molecule has 1 N–H and O–H groups in total. The minimum atomic E-state index is -1.05. The minimum absolute atomic E-state index is 0.0862. The Morgan fingerprint density at radius 1 is 0.760 bits per heavy atom. The number of allylic oxidation sites excluding steroid dienone is 4. The summed E-state index contributed by atoms with van der Waals surface area (Å²) in [5.41, 5.74) is 8.09. The third-order valence-corrected chi connectivity index (χ3v) is 5.46. The number of hydrogen-bond acceptors (Lipinski definition) is 1. The monoisotopic (exact) mass is 340 g/mol. The first-order chi connectivity index (χ1) is 11.7. The van der Waals surface area contributed by atoms with E-state index in [2.05, 4.69) is 27.7 Å². The van der Waals surface area contributed by atoms with Gasteiger partial charge in [0.25, 0.3) is 0 Å². The lowest BCUT2D eigenvalue weighted by molar-refractivity contribution is 0.457. The molecular weight excluding hydrogens is 318 g/mol. The first kappa shape index (κ1) is 17.4. The van der Waals surface area contributed by atoms with Crippen LogP contribution in [0.3, 0.4) is 0 Å². The van der Waals surface area contributed by atoms with Crippen molar-refractivity contribution in [1.82, 2.24) is 0 Å². The van der Waals surface area contributed by atoms with Crippen molar-refractivity contribution in [3.05, 3.63) is 75.4 Å². The van der Waals surface area contributed by atoms with Crippen LogP contribution in [0.5, 0.6) is 5.75 Å². The van der Waals surface area contributed by atoms with Crippen molar-refractivity contribution >= 4 is 0 Å². The smallest absolute Gasteiger partial charge is 0.162 e. The van der Waals surface area contributed by atoms with Crippen LogP contribution in [0.1, 0.15) is 44.7 Å². The Balaban J connectivity index is 2.28. The summed E-state index contributed by atoms with van der Waals surface area (Å²) in [7, 11) is 0. The van der Waals surface area contributed by atoms with E-state index in [-0.39, 0.29) is 11.7 Å². The zero-order valence-corrected chi connectivity index (χ0v) is 15.2. The van der Waals surface area contributed by atoms with Crippen LogP contribution in [0.4, 0.5) is 8.78 Å². The van der Waals surface area contributed by atoms with Gasteiger partial charge in [-0.25, -0.2) is 8.78 Å². The number of benzene rings is 2. The molecule has 1 aliphatic carbocycles. The van der Waals surface area contributed by atoms with Crippen molar-refractivity contribution in [3.8, 4) is 16.9 Å². The summed E-state index contributed by atoms with van der Waals surface area (Å²) in [6.07, 6.45) is 0. The van der Waals surface area contributed by atoms with Gasteiger partial charge in [0.15, 0.2) is 11.6 Å². The summed E-state index contributed by atoms with van der Waals surface area (Å²) in [6, 6.07) is 7.88. The molecule has 0 aromatic heterocycles. The quantitative estimate of drug-likeness (QED) is 0.669. The molecule has 2 aromatic carbocycles. The predicted octanol–water partition coefficient (Wildman–Crippen LogP) is 6.42. The van der Waals surface area contributed by atoms with E-state index < -0.39 is 11.6 Å². The SMILES string of the molecule is CC1=C(C)C(c2ccc(C)cc2-c2cc(F)c(F)cc2O)C(C)=C1C. The maximum absolute atomic E-state index is 13.8. The molecule has 0 aliphatic heterocycles. The van der Waals surface area contributed by atoms with E-state index in [4.69, 9.17) is 0 Å². The molecule has 0 fully saturated rings. The molecule has 130 valence electrons. The highest BCUT2D eigenvalue weighted by Gasteiger charge is 2.28. The van der Waals surface area contributed by atoms with Crippen molar-refractivity contribution in [2.75, 3.05) is 0 Å². The van der Waals surface area contributed by atoms with Crippen molar-refractivity contribution in [1.29, 1.82) is 0 Å². The van der Waals surface area contributed by atoms with Crippen LogP contribution in [-0.2, 0) is 0 Å². The molecular formula is C22H22F2O. The zero-order valence-electron chi connectivity index (χ0n) is 15.2. The fourth-order valence-electron chi connectivity index (χ4n) is 3.72. The number of phenolic OH excluding ortho intramolecular Hbond substituents is 1. The van der Waals surface area contributed by atoms with Gasteiger partial charge in [0.05, 0.1) is 0 Å². The molecule has 0 saturated carbocycles. The van der Waals surface area contributed by atoms with E-state index in [0.29, 0.717) is 5.56 Å². The number of hydrogen-bond donors (Lipinski definition) is 1. The Kier molecular flexibility index (Phi) is 4.28. The summed E-state index contributed by atoms with van der Waals surface area (Å²) in [4.78, 5) is 0. The van der Waals surface area contributed by atoms with E-state index in [1.165, 1.54) is 22.3 Å². The molecule has 3 heteroatoms. The van der Waals surface area contributed by atoms with E-state index >= 15 is 0 Å². The van der Waals surface area contributed by atoms with Gasteiger partial charge in [-0.3, -0.25) is 0 Å². The lowest BCUT2D eigenvalue weighted by atomic mass is 9.83. The van der Waals surface area contributed by atoms with Gasteiger partial charge >= 0.3 is 0 Å². The Bertz CT molecular complexity index is 911. The second-order valence-electron chi connectivity index (χ2n) is 6.92. The Morgan fingerprint density at radius 2 is 1.32 bits per heavy atom. The fourth-order valence-corrected chi connectivity index (χ4v) is 3.72. The van der Waals surface area contributed by atoms with Gasteiger partial charge in [0.1, 0.15) is 5.75 Å². The molecule has 0 radical (unpaired) electrons. The average molecular weight is 340 g/mol. The average Bonchev–Trinajstić information content (AvgIpc) is 2.75. The third kappa shape index (κ3) is 2.78. The molecule has 0 bridgehead atoms. The molecule has 0 atom stereocenters. The van der Waals surface area contributed by atoms with E-state index in [9.17, 15) is 13.9 Å². The molecule has 2 aromatic rings. The summed E-state index contributed by atoms with van der Waals surface area (Å²) in [6.45, 7) is 10.4. The Labute approximate surface area is 147 Å². The maximum atomic E-state index is 13.8. The lowest BCUT2D eigenvalue weighted by Crippen LogP contribution is -2.03. The van der Waals surface area contributed by atoms with Gasteiger partial charge < -0.3 is 5.11 Å². The van der Waals surface area contributed by atoms with E-state index in [0.717, 1.165) is 28.8 Å². The maximum Gasteiger partial charge on any atom is 0.162 e. The normalized spacial score (nSPS) is 15.5. The molecule has 1 aliphatic rings. The molecule has 0 heterocycles. The summed E-state index contributed by atoms with van der Waals surface area (Å²) in [5, 5.41) is 10.2. The molecule has 25 heavy (non-hydrogen) atoms. The molecule has 1 nitrogen and oxygen atoms in total. The van der Waals surface area contributed by atoms with E-state index in [1.54, 1.807) is 0 Å². The largest absolute Gasteiger partial charge is 0.507 e. The van der Waals surface area contributed by atoms with Crippen LogP contribution < -0.4 is 0 Å². The molecule has 0 saturated heterocycles. The zero-order chi connectivity index (χ0) is 18.5. The van der Waals surface area contributed by atoms with Crippen molar-refractivity contribution in [2.24, 2.45) is 0 Å². The highest BCUT2D eigenvalue weighted by atomic mass is 19.2. The topological polar surface area (TPSA) is 20.2 Å². The first-order valence-electron chi connectivity index (χ1n) is 8.36. The minimum Gasteiger partial charge on any atom is -0.507 e. The second kappa shape index (κ2) is 6.14.